The summed E-state index contributed by atoms with van der Waals surface area (Å²) in [6.45, 7) is 6.44. The minimum absolute atomic E-state index is 0. The van der Waals surface area contributed by atoms with Crippen molar-refractivity contribution in [2.75, 3.05) is 46.2 Å². The molecule has 0 saturated heterocycles. The van der Waals surface area contributed by atoms with Crippen molar-refractivity contribution in [3.05, 3.63) is 29.8 Å². The van der Waals surface area contributed by atoms with Gasteiger partial charge in [-0.3, -0.25) is 4.79 Å². The fourth-order valence-electron chi connectivity index (χ4n) is 2.92. The maximum atomic E-state index is 10.4. The molecule has 7 nitrogen and oxygen atoms in total. The van der Waals surface area contributed by atoms with Crippen LogP contribution in [0.15, 0.2) is 24.3 Å². The zero-order chi connectivity index (χ0) is 22.6. The van der Waals surface area contributed by atoms with Gasteiger partial charge in [0, 0.05) is 25.7 Å². The zero-order valence-electron chi connectivity index (χ0n) is 19.5. The van der Waals surface area contributed by atoms with Gasteiger partial charge in [-0.2, -0.15) is 0 Å². The number of unbranched alkanes of at least 4 members (excludes halogenated alkanes) is 5. The van der Waals surface area contributed by atoms with Crippen LogP contribution in [0.1, 0.15) is 69.9 Å². The molecule has 8 heteroatoms. The lowest BCUT2D eigenvalue weighted by Gasteiger charge is -2.09. The summed E-state index contributed by atoms with van der Waals surface area (Å²) in [5.41, 5.74) is 6.96. The summed E-state index contributed by atoms with van der Waals surface area (Å²) in [7, 11) is 0. The molecule has 186 valence electrons. The van der Waals surface area contributed by atoms with Gasteiger partial charge in [-0.1, -0.05) is 25.0 Å². The van der Waals surface area contributed by atoms with Crippen molar-refractivity contribution in [1.29, 1.82) is 0 Å². The normalized spacial score (nSPS) is 11.7. The van der Waals surface area contributed by atoms with Crippen molar-refractivity contribution in [2.45, 2.75) is 64.3 Å². The first-order chi connectivity index (χ1) is 15.1. The Labute approximate surface area is 199 Å². The largest absolute Gasteiger partial charge is 0.494 e. The van der Waals surface area contributed by atoms with E-state index in [1.165, 1.54) is 0 Å². The number of carboxylic acids is 1. The molecule has 0 aromatic heterocycles. The van der Waals surface area contributed by atoms with E-state index in [-0.39, 0.29) is 24.9 Å². The lowest BCUT2D eigenvalue weighted by atomic mass is 10.1. The lowest BCUT2D eigenvalue weighted by Crippen LogP contribution is -2.10. The average Bonchev–Trinajstić information content (AvgIpc) is 2.75. The highest BCUT2D eigenvalue weighted by Gasteiger charge is 2.00. The first-order valence-corrected chi connectivity index (χ1v) is 11.5. The number of benzene rings is 1. The molecule has 1 aromatic rings. The van der Waals surface area contributed by atoms with Crippen LogP contribution in [0.25, 0.3) is 0 Å². The highest BCUT2D eigenvalue weighted by atomic mass is 35.5. The van der Waals surface area contributed by atoms with Crippen molar-refractivity contribution < 1.29 is 28.8 Å². The number of halogens is 1. The summed E-state index contributed by atoms with van der Waals surface area (Å²) in [4.78, 5) is 10.4. The quantitative estimate of drug-likeness (QED) is 0.247. The number of rotatable bonds is 21. The summed E-state index contributed by atoms with van der Waals surface area (Å²) >= 11 is 0. The van der Waals surface area contributed by atoms with Crippen molar-refractivity contribution in [1.82, 2.24) is 0 Å². The zero-order valence-corrected chi connectivity index (χ0v) is 20.3. The third-order valence-electron chi connectivity index (χ3n) is 4.78. The van der Waals surface area contributed by atoms with Crippen LogP contribution < -0.4 is 10.5 Å². The van der Waals surface area contributed by atoms with Crippen LogP contribution in [0, 0.1) is 0 Å². The van der Waals surface area contributed by atoms with Gasteiger partial charge in [0.05, 0.1) is 33.0 Å². The predicted octanol–water partition coefficient (Wildman–Crippen LogP) is 4.76. The van der Waals surface area contributed by atoms with Gasteiger partial charge in [-0.15, -0.1) is 12.4 Å². The molecular weight excluding hydrogens is 434 g/mol. The minimum atomic E-state index is -0.734. The van der Waals surface area contributed by atoms with Crippen LogP contribution >= 0.6 is 12.4 Å². The molecule has 0 aliphatic heterocycles. The van der Waals surface area contributed by atoms with E-state index in [2.05, 4.69) is 0 Å². The maximum absolute atomic E-state index is 10.4. The molecule has 0 heterocycles. The fourth-order valence-corrected chi connectivity index (χ4v) is 2.92. The van der Waals surface area contributed by atoms with Crippen LogP contribution in [0.3, 0.4) is 0 Å². The number of ether oxygens (including phenoxy) is 4. The van der Waals surface area contributed by atoms with Gasteiger partial charge < -0.3 is 29.8 Å². The third kappa shape index (κ3) is 18.2. The Morgan fingerprint density at radius 2 is 1.25 bits per heavy atom. The molecule has 0 aliphatic rings. The van der Waals surface area contributed by atoms with Gasteiger partial charge in [0.15, 0.2) is 0 Å². The van der Waals surface area contributed by atoms with Gasteiger partial charge in [-0.05, 0) is 56.7 Å². The van der Waals surface area contributed by atoms with Gasteiger partial charge in [-0.25, -0.2) is 0 Å². The number of hydrogen-bond acceptors (Lipinski definition) is 6. The first-order valence-electron chi connectivity index (χ1n) is 11.5. The van der Waals surface area contributed by atoms with Crippen molar-refractivity contribution in [2.24, 2.45) is 5.73 Å². The Hall–Kier alpha value is -1.38. The van der Waals surface area contributed by atoms with Gasteiger partial charge >= 0.3 is 5.97 Å². The standard InChI is InChI=1S/C24H41NO6.ClH/c1-21(25)22-10-12-23(13-11-22)31-16-8-3-2-6-14-28-17-19-30-20-18-29-15-7-4-5-9-24(26)27;/h10-13,21H,2-9,14-20,25H2,1H3,(H,26,27);1H/t21-;/m1./s1. The second-order valence-corrected chi connectivity index (χ2v) is 7.66. The number of nitrogens with two attached hydrogens (primary N) is 1. The topological polar surface area (TPSA) is 100 Å². The summed E-state index contributed by atoms with van der Waals surface area (Å²) in [6.07, 6.45) is 7.08. The summed E-state index contributed by atoms with van der Waals surface area (Å²) in [5, 5.41) is 8.54. The van der Waals surface area contributed by atoms with Gasteiger partial charge in [0.2, 0.25) is 0 Å². The molecule has 0 unspecified atom stereocenters. The molecular formula is C24H42ClNO6. The Morgan fingerprint density at radius 1 is 0.781 bits per heavy atom. The van der Waals surface area contributed by atoms with Crippen LogP contribution in [0.4, 0.5) is 0 Å². The molecule has 0 radical (unpaired) electrons. The smallest absolute Gasteiger partial charge is 0.303 e. The molecule has 1 rings (SSSR count). The number of aliphatic carboxylic acids is 1. The number of carbonyl (C=O) groups is 1. The molecule has 0 aliphatic carbocycles. The minimum Gasteiger partial charge on any atom is -0.494 e. The van der Waals surface area contributed by atoms with Crippen LogP contribution in [-0.4, -0.2) is 57.3 Å². The van der Waals surface area contributed by atoms with Crippen LogP contribution in [0.2, 0.25) is 0 Å². The van der Waals surface area contributed by atoms with E-state index in [9.17, 15) is 4.79 Å². The highest BCUT2D eigenvalue weighted by Crippen LogP contribution is 2.16. The summed E-state index contributed by atoms with van der Waals surface area (Å²) in [6, 6.07) is 8.04. The van der Waals surface area contributed by atoms with E-state index >= 15 is 0 Å². The van der Waals surface area contributed by atoms with E-state index in [1.807, 2.05) is 31.2 Å². The monoisotopic (exact) mass is 475 g/mol. The Morgan fingerprint density at radius 3 is 1.75 bits per heavy atom. The molecule has 3 N–H and O–H groups in total. The molecule has 0 bridgehead atoms. The van der Waals surface area contributed by atoms with E-state index in [0.29, 0.717) is 39.5 Å². The van der Waals surface area contributed by atoms with E-state index < -0.39 is 5.97 Å². The molecule has 32 heavy (non-hydrogen) atoms. The molecule has 0 saturated carbocycles. The molecule has 1 atom stereocenters. The van der Waals surface area contributed by atoms with Crippen molar-refractivity contribution in [3.8, 4) is 5.75 Å². The van der Waals surface area contributed by atoms with Crippen LogP contribution in [-0.2, 0) is 19.0 Å². The molecule has 0 amide bonds. The first kappa shape index (κ1) is 30.6. The summed E-state index contributed by atoms with van der Waals surface area (Å²) < 4.78 is 22.2. The average molecular weight is 476 g/mol. The Kier molecular flexibility index (Phi) is 20.5. The van der Waals surface area contributed by atoms with E-state index in [1.54, 1.807) is 0 Å². The third-order valence-corrected chi connectivity index (χ3v) is 4.78. The molecule has 0 fully saturated rings. The highest BCUT2D eigenvalue weighted by molar-refractivity contribution is 5.85. The van der Waals surface area contributed by atoms with E-state index in [0.717, 1.165) is 63.1 Å². The van der Waals surface area contributed by atoms with Gasteiger partial charge in [0.1, 0.15) is 5.75 Å². The molecule has 1 aromatic carbocycles. The maximum Gasteiger partial charge on any atom is 0.303 e. The second-order valence-electron chi connectivity index (χ2n) is 7.66. The Balaban J connectivity index is 0.00000961. The SMILES string of the molecule is C[C@@H](N)c1ccc(OCCCCCCOCCOCCOCCCCCC(=O)O)cc1.Cl. The number of carboxylic acid groups (broad SMARTS) is 1. The van der Waals surface area contributed by atoms with Crippen LogP contribution in [0.5, 0.6) is 5.75 Å². The lowest BCUT2D eigenvalue weighted by molar-refractivity contribution is -0.137. The Bertz CT molecular complexity index is 556. The van der Waals surface area contributed by atoms with Crippen molar-refractivity contribution >= 4 is 18.4 Å². The summed E-state index contributed by atoms with van der Waals surface area (Å²) in [5.74, 6) is 0.163. The second kappa shape index (κ2) is 21.5. The van der Waals surface area contributed by atoms with Gasteiger partial charge in [0.25, 0.3) is 0 Å². The van der Waals surface area contributed by atoms with Crippen molar-refractivity contribution in [3.63, 3.8) is 0 Å². The predicted molar refractivity (Wildman–Crippen MR) is 129 cm³/mol. The molecule has 0 spiro atoms. The fraction of sp³-hybridized carbons (Fsp3) is 0.708. The van der Waals surface area contributed by atoms with E-state index in [4.69, 9.17) is 29.8 Å². The number of hydrogen-bond donors (Lipinski definition) is 2.